The molecule has 0 aliphatic rings. The van der Waals surface area contributed by atoms with E-state index in [9.17, 15) is 4.79 Å². The molecule has 0 fully saturated rings. The fraction of sp³-hybridized carbons (Fsp3) is 0. The van der Waals surface area contributed by atoms with Crippen LogP contribution in [0.15, 0.2) is 31.8 Å². The van der Waals surface area contributed by atoms with E-state index in [1.165, 1.54) is 6.07 Å². The minimum absolute atomic E-state index is 0.0976. The van der Waals surface area contributed by atoms with Crippen LogP contribution < -0.4 is 5.32 Å². The van der Waals surface area contributed by atoms with Crippen molar-refractivity contribution in [3.63, 3.8) is 0 Å². The summed E-state index contributed by atoms with van der Waals surface area (Å²) in [6.07, 6.45) is 0. The monoisotopic (exact) mass is 287 g/mol. The summed E-state index contributed by atoms with van der Waals surface area (Å²) in [5.41, 5.74) is 0.868. The predicted molar refractivity (Wildman–Crippen MR) is 61.0 cm³/mol. The van der Waals surface area contributed by atoms with Crippen molar-refractivity contribution in [1.82, 2.24) is 0 Å². The lowest BCUT2D eigenvalue weighted by atomic mass is 10.4. The molecule has 0 aliphatic heterocycles. The number of nitrogens with one attached hydrogen (secondary N) is 1. The zero-order chi connectivity index (χ0) is 10.8. The van der Waals surface area contributed by atoms with Crippen molar-refractivity contribution in [2.75, 3.05) is 5.32 Å². The molecule has 2 rings (SSSR count). The molecule has 15 heavy (non-hydrogen) atoms. The predicted octanol–water partition coefficient (Wildman–Crippen LogP) is 3.55. The number of hydrogen-bond acceptors (Lipinski definition) is 4. The molecule has 0 atom stereocenters. The molecule has 0 unspecified atom stereocenters. The van der Waals surface area contributed by atoms with Crippen LogP contribution in [0.4, 0.5) is 11.6 Å². The number of furan rings is 1. The van der Waals surface area contributed by atoms with Gasteiger partial charge in [-0.2, -0.15) is 11.3 Å². The minimum Gasteiger partial charge on any atom is -0.475 e. The summed E-state index contributed by atoms with van der Waals surface area (Å²) in [5, 5.41) is 15.5. The summed E-state index contributed by atoms with van der Waals surface area (Å²) < 4.78 is 5.69. The lowest BCUT2D eigenvalue weighted by Crippen LogP contribution is -1.92. The lowest BCUT2D eigenvalue weighted by molar-refractivity contribution is 0.0663. The average molecular weight is 288 g/mol. The van der Waals surface area contributed by atoms with Gasteiger partial charge in [-0.05, 0) is 27.4 Å². The van der Waals surface area contributed by atoms with Crippen LogP contribution in [0, 0.1) is 0 Å². The van der Waals surface area contributed by atoms with Gasteiger partial charge in [0.2, 0.25) is 11.6 Å². The third-order valence-corrected chi connectivity index (χ3v) is 2.95. The second kappa shape index (κ2) is 4.08. The first kappa shape index (κ1) is 10.3. The molecule has 2 heterocycles. The number of carboxylic acids is 1. The van der Waals surface area contributed by atoms with Crippen LogP contribution in [-0.4, -0.2) is 11.1 Å². The van der Waals surface area contributed by atoms with Gasteiger partial charge in [0.25, 0.3) is 0 Å². The van der Waals surface area contributed by atoms with E-state index in [0.717, 1.165) is 5.69 Å². The fourth-order valence-electron chi connectivity index (χ4n) is 1.03. The molecule has 0 aliphatic carbocycles. The molecular weight excluding hydrogens is 282 g/mol. The van der Waals surface area contributed by atoms with E-state index in [1.807, 2.05) is 16.8 Å². The Bertz CT molecular complexity index is 478. The van der Waals surface area contributed by atoms with Crippen molar-refractivity contribution in [3.8, 4) is 0 Å². The Kier molecular flexibility index (Phi) is 2.79. The molecule has 2 aromatic heterocycles. The number of thiophene rings is 1. The number of aromatic carboxylic acids is 1. The molecule has 0 spiro atoms. The van der Waals surface area contributed by atoms with Gasteiger partial charge in [-0.25, -0.2) is 4.79 Å². The van der Waals surface area contributed by atoms with Crippen LogP contribution in [0.5, 0.6) is 0 Å². The summed E-state index contributed by atoms with van der Waals surface area (Å²) in [7, 11) is 0. The number of carbonyl (C=O) groups is 1. The van der Waals surface area contributed by atoms with Crippen molar-refractivity contribution < 1.29 is 14.3 Å². The van der Waals surface area contributed by atoms with E-state index in [4.69, 9.17) is 9.52 Å². The Labute approximate surface area is 97.7 Å². The van der Waals surface area contributed by atoms with Gasteiger partial charge in [0.15, 0.2) is 0 Å². The normalized spacial score (nSPS) is 10.2. The Morgan fingerprint density at radius 1 is 1.60 bits per heavy atom. The third kappa shape index (κ3) is 2.21. The van der Waals surface area contributed by atoms with E-state index in [0.29, 0.717) is 10.4 Å². The average Bonchev–Trinajstić information content (AvgIpc) is 2.77. The van der Waals surface area contributed by atoms with Crippen molar-refractivity contribution in [1.29, 1.82) is 0 Å². The summed E-state index contributed by atoms with van der Waals surface area (Å²) in [5.74, 6) is -0.792. The minimum atomic E-state index is -1.09. The van der Waals surface area contributed by atoms with E-state index >= 15 is 0 Å². The first-order chi connectivity index (χ1) is 7.16. The number of anilines is 2. The SMILES string of the molecule is O=C(O)c1cc(Br)c(Nc2ccsc2)o1. The molecule has 78 valence electrons. The van der Waals surface area contributed by atoms with Gasteiger partial charge >= 0.3 is 5.97 Å². The Morgan fingerprint density at radius 3 is 2.93 bits per heavy atom. The van der Waals surface area contributed by atoms with Gasteiger partial charge in [-0.3, -0.25) is 0 Å². The smallest absolute Gasteiger partial charge is 0.371 e. The maximum absolute atomic E-state index is 10.6. The molecule has 0 radical (unpaired) electrons. The van der Waals surface area contributed by atoms with Crippen molar-refractivity contribution in [2.45, 2.75) is 0 Å². The first-order valence-corrected chi connectivity index (χ1v) is 5.72. The number of hydrogen-bond donors (Lipinski definition) is 2. The standard InChI is InChI=1S/C9H6BrNO3S/c10-6-3-7(9(12)13)14-8(6)11-5-1-2-15-4-5/h1-4,11H,(H,12,13). The summed E-state index contributed by atoms with van der Waals surface area (Å²) in [6, 6.07) is 3.29. The van der Waals surface area contributed by atoms with Crippen LogP contribution in [0.1, 0.15) is 10.6 Å². The van der Waals surface area contributed by atoms with E-state index in [2.05, 4.69) is 21.2 Å². The molecule has 2 aromatic rings. The molecule has 0 saturated heterocycles. The van der Waals surface area contributed by atoms with E-state index < -0.39 is 5.97 Å². The highest BCUT2D eigenvalue weighted by Gasteiger charge is 2.14. The summed E-state index contributed by atoms with van der Waals surface area (Å²) >= 11 is 4.76. The van der Waals surface area contributed by atoms with Crippen LogP contribution in [-0.2, 0) is 0 Å². The quantitative estimate of drug-likeness (QED) is 0.906. The van der Waals surface area contributed by atoms with Crippen molar-refractivity contribution in [3.05, 3.63) is 33.1 Å². The topological polar surface area (TPSA) is 62.5 Å². The highest BCUT2D eigenvalue weighted by atomic mass is 79.9. The molecule has 0 bridgehead atoms. The van der Waals surface area contributed by atoms with Gasteiger partial charge in [0.05, 0.1) is 10.2 Å². The van der Waals surface area contributed by atoms with Gasteiger partial charge in [0, 0.05) is 11.4 Å². The number of rotatable bonds is 3. The van der Waals surface area contributed by atoms with Gasteiger partial charge in [-0.1, -0.05) is 0 Å². The third-order valence-electron chi connectivity index (χ3n) is 1.68. The number of halogens is 1. The Balaban J connectivity index is 2.25. The van der Waals surface area contributed by atoms with E-state index in [1.54, 1.807) is 11.3 Å². The molecular formula is C9H6BrNO3S. The molecule has 0 aromatic carbocycles. The van der Waals surface area contributed by atoms with Crippen LogP contribution in [0.25, 0.3) is 0 Å². The first-order valence-electron chi connectivity index (χ1n) is 3.98. The molecule has 2 N–H and O–H groups in total. The molecule has 0 amide bonds. The fourth-order valence-corrected chi connectivity index (χ4v) is 2.00. The zero-order valence-corrected chi connectivity index (χ0v) is 9.76. The lowest BCUT2D eigenvalue weighted by Gasteiger charge is -1.98. The molecule has 4 nitrogen and oxygen atoms in total. The summed E-state index contributed by atoms with van der Waals surface area (Å²) in [4.78, 5) is 10.6. The number of carboxylic acid groups (broad SMARTS) is 1. The Hall–Kier alpha value is -1.27. The maximum Gasteiger partial charge on any atom is 0.371 e. The van der Waals surface area contributed by atoms with Crippen molar-refractivity contribution in [2.24, 2.45) is 0 Å². The second-order valence-corrected chi connectivity index (χ2v) is 4.36. The summed E-state index contributed by atoms with van der Waals surface area (Å²) in [6.45, 7) is 0. The Morgan fingerprint density at radius 2 is 2.40 bits per heavy atom. The largest absolute Gasteiger partial charge is 0.475 e. The van der Waals surface area contributed by atoms with Crippen LogP contribution >= 0.6 is 27.3 Å². The van der Waals surface area contributed by atoms with Crippen molar-refractivity contribution >= 4 is 44.8 Å². The highest BCUT2D eigenvalue weighted by molar-refractivity contribution is 9.10. The highest BCUT2D eigenvalue weighted by Crippen LogP contribution is 2.30. The zero-order valence-electron chi connectivity index (χ0n) is 7.36. The maximum atomic E-state index is 10.6. The van der Waals surface area contributed by atoms with E-state index in [-0.39, 0.29) is 5.76 Å². The molecule has 0 saturated carbocycles. The van der Waals surface area contributed by atoms with Gasteiger partial charge in [0.1, 0.15) is 0 Å². The molecule has 6 heteroatoms. The van der Waals surface area contributed by atoms with Crippen LogP contribution in [0.3, 0.4) is 0 Å². The second-order valence-electron chi connectivity index (χ2n) is 2.73. The van der Waals surface area contributed by atoms with Crippen LogP contribution in [0.2, 0.25) is 0 Å². The van der Waals surface area contributed by atoms with Gasteiger partial charge < -0.3 is 14.8 Å². The van der Waals surface area contributed by atoms with Gasteiger partial charge in [-0.15, -0.1) is 0 Å².